The van der Waals surface area contributed by atoms with Gasteiger partial charge in [-0.15, -0.1) is 0 Å². The van der Waals surface area contributed by atoms with Crippen molar-refractivity contribution < 1.29 is 69.5 Å². The maximum atomic E-state index is 11.7. The van der Waals surface area contributed by atoms with Gasteiger partial charge in [0.25, 0.3) is 23.6 Å². The number of rotatable bonds is 24. The molecule has 0 saturated heterocycles. The van der Waals surface area contributed by atoms with E-state index in [9.17, 15) is 60.0 Å². The summed E-state index contributed by atoms with van der Waals surface area (Å²) in [5.41, 5.74) is 0. The summed E-state index contributed by atoms with van der Waals surface area (Å²) in [6, 6.07) is 0. The molecule has 12 N–H and O–H groups in total. The Morgan fingerprint density at radius 1 is 0.413 bits per heavy atom. The molecule has 0 aromatic heterocycles. The lowest BCUT2D eigenvalue weighted by Gasteiger charge is -2.25. The molecule has 0 spiro atoms. The van der Waals surface area contributed by atoms with Gasteiger partial charge in [0.15, 0.2) is 24.4 Å². The molecule has 0 radical (unpaired) electrons. The molecule has 8 atom stereocenters. The van der Waals surface area contributed by atoms with E-state index < -0.39 is 72.5 Å². The molecule has 0 saturated carbocycles. The topological polar surface area (TPSA) is 297 Å². The summed E-state index contributed by atoms with van der Waals surface area (Å²) in [6.07, 6.45) is -12.9. The van der Waals surface area contributed by atoms with E-state index in [1.807, 2.05) is 13.8 Å². The molecule has 0 aliphatic carbocycles. The molecular weight excluding hydrogens is 616 g/mol. The zero-order valence-corrected chi connectivity index (χ0v) is 27.1. The molecule has 18 nitrogen and oxygen atoms in total. The summed E-state index contributed by atoms with van der Waals surface area (Å²) >= 11 is 0. The van der Waals surface area contributed by atoms with E-state index in [4.69, 9.17) is 9.47 Å². The molecule has 0 rings (SSSR count). The summed E-state index contributed by atoms with van der Waals surface area (Å²) in [7, 11) is 0. The summed E-state index contributed by atoms with van der Waals surface area (Å²) < 4.78 is 10.3. The van der Waals surface area contributed by atoms with E-state index in [1.165, 1.54) is 0 Å². The number of carbonyl (C=O) groups is 4. The van der Waals surface area contributed by atoms with Crippen LogP contribution < -0.4 is 21.3 Å². The van der Waals surface area contributed by atoms with Gasteiger partial charge in [-0.3, -0.25) is 19.2 Å². The summed E-state index contributed by atoms with van der Waals surface area (Å²) in [4.78, 5) is 46.2. The molecule has 0 heterocycles. The highest BCUT2D eigenvalue weighted by atomic mass is 16.5. The van der Waals surface area contributed by atoms with Gasteiger partial charge in [-0.2, -0.15) is 0 Å². The number of nitrogens with one attached hydrogen (secondary N) is 4. The molecule has 0 aliphatic rings. The summed E-state index contributed by atoms with van der Waals surface area (Å²) in [5.74, 6) is -3.64. The second kappa shape index (κ2) is 27.6. The van der Waals surface area contributed by atoms with Crippen molar-refractivity contribution in [3.63, 3.8) is 0 Å². The number of ether oxygens (including phenoxy) is 2. The van der Waals surface area contributed by atoms with Crippen LogP contribution in [-0.2, 0) is 28.7 Å². The van der Waals surface area contributed by atoms with Crippen molar-refractivity contribution in [2.45, 2.75) is 102 Å². The van der Waals surface area contributed by atoms with Crippen LogP contribution in [0, 0.1) is 0 Å². The summed E-state index contributed by atoms with van der Waals surface area (Å²) in [5, 5.41) is 86.6. The first-order valence-electron chi connectivity index (χ1n) is 15.4. The first kappa shape index (κ1) is 45.6. The largest absolute Gasteiger partial charge is 0.387 e. The Labute approximate surface area is 269 Å². The third-order valence-electron chi connectivity index (χ3n) is 5.95. The minimum absolute atomic E-state index is 0.111. The highest BCUT2D eigenvalue weighted by Gasteiger charge is 2.38. The third kappa shape index (κ3) is 19.2. The minimum atomic E-state index is -2.04. The van der Waals surface area contributed by atoms with E-state index in [2.05, 4.69) is 21.3 Å². The van der Waals surface area contributed by atoms with Crippen LogP contribution >= 0.6 is 0 Å². The molecule has 0 aromatic rings. The van der Waals surface area contributed by atoms with Crippen LogP contribution in [0.4, 0.5) is 0 Å². The fourth-order valence-corrected chi connectivity index (χ4v) is 3.27. The SMILES string of the molecule is CCCNC(=O)[C@@H](O)[C@H](O)[C@H](O)[C@@H](O)C(=O)NCCC.CCCOCCNC(=O)[C@@H](O)[C@H](O)[C@H](O)[C@@H](O)C(=O)NCCOCCC. The molecule has 46 heavy (non-hydrogen) atoms. The Bertz CT molecular complexity index is 774. The van der Waals surface area contributed by atoms with Gasteiger partial charge in [-0.1, -0.05) is 27.7 Å². The zero-order chi connectivity index (χ0) is 35.7. The van der Waals surface area contributed by atoms with Crippen LogP contribution in [0.5, 0.6) is 0 Å². The molecule has 4 amide bonds. The van der Waals surface area contributed by atoms with Gasteiger partial charge in [0.1, 0.15) is 24.4 Å². The smallest absolute Gasteiger partial charge is 0.251 e. The lowest BCUT2D eigenvalue weighted by molar-refractivity contribution is -0.155. The van der Waals surface area contributed by atoms with E-state index in [-0.39, 0.29) is 26.3 Å². The van der Waals surface area contributed by atoms with E-state index in [0.29, 0.717) is 39.1 Å². The van der Waals surface area contributed by atoms with Gasteiger partial charge >= 0.3 is 0 Å². The monoisotopic (exact) mass is 672 g/mol. The highest BCUT2D eigenvalue weighted by Crippen LogP contribution is 2.07. The van der Waals surface area contributed by atoms with Crippen LogP contribution in [-0.4, -0.2) is 166 Å². The lowest BCUT2D eigenvalue weighted by Crippen LogP contribution is -2.54. The molecule has 0 bridgehead atoms. The minimum Gasteiger partial charge on any atom is -0.387 e. The van der Waals surface area contributed by atoms with Gasteiger partial charge in [-0.05, 0) is 25.7 Å². The lowest BCUT2D eigenvalue weighted by atomic mass is 10.0. The van der Waals surface area contributed by atoms with Crippen molar-refractivity contribution >= 4 is 23.6 Å². The molecule has 272 valence electrons. The van der Waals surface area contributed by atoms with Crippen LogP contribution in [0.2, 0.25) is 0 Å². The van der Waals surface area contributed by atoms with Crippen molar-refractivity contribution in [3.8, 4) is 0 Å². The maximum absolute atomic E-state index is 11.7. The second-order valence-electron chi connectivity index (χ2n) is 10.1. The van der Waals surface area contributed by atoms with Gasteiger partial charge < -0.3 is 71.6 Å². The maximum Gasteiger partial charge on any atom is 0.251 e. The van der Waals surface area contributed by atoms with Gasteiger partial charge in [0, 0.05) is 39.4 Å². The van der Waals surface area contributed by atoms with E-state index in [0.717, 1.165) is 12.8 Å². The van der Waals surface area contributed by atoms with Crippen LogP contribution in [0.25, 0.3) is 0 Å². The number of carbonyl (C=O) groups excluding carboxylic acids is 4. The standard InChI is InChI=1S/C16H32N2O8.C12H24N2O6/c1-3-7-25-9-5-17-15(23)13(21)11(19)12(20)14(22)16(24)18-6-10-26-8-4-2;1-3-5-13-11(19)9(17)7(15)8(16)10(18)12(20)14-6-4-2/h11-14,19-22H,3-10H2,1-2H3,(H,17,23)(H,18,24);7-10,15-18H,3-6H2,1-2H3,(H,13,19)(H,14,20)/t11-,12+,13+,14-;7-,8+,9+,10-. The first-order chi connectivity index (χ1) is 21.7. The van der Waals surface area contributed by atoms with Gasteiger partial charge in [0.05, 0.1) is 13.2 Å². The van der Waals surface area contributed by atoms with Crippen molar-refractivity contribution in [2.24, 2.45) is 0 Å². The van der Waals surface area contributed by atoms with E-state index in [1.54, 1.807) is 13.8 Å². The van der Waals surface area contributed by atoms with Crippen molar-refractivity contribution in [3.05, 3.63) is 0 Å². The Kier molecular flexibility index (Phi) is 27.3. The predicted octanol–water partition coefficient (Wildman–Crippen LogP) is -5.00. The molecule has 0 fully saturated rings. The number of aliphatic hydroxyl groups excluding tert-OH is 8. The quantitative estimate of drug-likeness (QED) is 0.0428. The number of hydrogen-bond acceptors (Lipinski definition) is 14. The Morgan fingerprint density at radius 3 is 0.870 bits per heavy atom. The number of hydrogen-bond donors (Lipinski definition) is 12. The number of aliphatic hydroxyl groups is 8. The van der Waals surface area contributed by atoms with Crippen LogP contribution in [0.15, 0.2) is 0 Å². The Morgan fingerprint density at radius 2 is 0.652 bits per heavy atom. The average molecular weight is 673 g/mol. The van der Waals surface area contributed by atoms with Crippen LogP contribution in [0.3, 0.4) is 0 Å². The molecule has 0 unspecified atom stereocenters. The molecule has 0 aliphatic heterocycles. The second-order valence-corrected chi connectivity index (χ2v) is 10.1. The molecule has 0 aromatic carbocycles. The highest BCUT2D eigenvalue weighted by molar-refractivity contribution is 5.84. The Hall–Kier alpha value is -2.52. The fourth-order valence-electron chi connectivity index (χ4n) is 3.27. The van der Waals surface area contributed by atoms with Gasteiger partial charge in [0.2, 0.25) is 0 Å². The fraction of sp³-hybridized carbons (Fsp3) is 0.857. The third-order valence-corrected chi connectivity index (χ3v) is 5.95. The van der Waals surface area contributed by atoms with Crippen molar-refractivity contribution in [1.29, 1.82) is 0 Å². The van der Waals surface area contributed by atoms with Crippen molar-refractivity contribution in [1.82, 2.24) is 21.3 Å². The normalized spacial score (nSPS) is 16.3. The molecule has 18 heteroatoms. The average Bonchev–Trinajstić information content (AvgIpc) is 3.06. The first-order valence-corrected chi connectivity index (χ1v) is 15.4. The Balaban J connectivity index is 0. The van der Waals surface area contributed by atoms with Crippen molar-refractivity contribution in [2.75, 3.05) is 52.6 Å². The van der Waals surface area contributed by atoms with Crippen LogP contribution in [0.1, 0.15) is 53.4 Å². The van der Waals surface area contributed by atoms with E-state index >= 15 is 0 Å². The summed E-state index contributed by atoms with van der Waals surface area (Å²) in [6.45, 7) is 9.83. The predicted molar refractivity (Wildman–Crippen MR) is 163 cm³/mol. The number of amides is 4. The van der Waals surface area contributed by atoms with Gasteiger partial charge in [-0.25, -0.2) is 0 Å². The molecular formula is C28H56N4O14. The zero-order valence-electron chi connectivity index (χ0n) is 27.1.